The molecule has 1 nitrogen and oxygen atoms in total. The molecule has 5 aliphatic rings. The van der Waals surface area contributed by atoms with Gasteiger partial charge in [0.25, 0.3) is 0 Å². The lowest BCUT2D eigenvalue weighted by atomic mass is 9.76. The SMILES string of the molecule is CC1(C)CCCC(C)(C)N1C1C2C3CC4C(C32)C41. The van der Waals surface area contributed by atoms with Crippen LogP contribution in [0.3, 0.4) is 0 Å². The molecule has 6 atom stereocenters. The first-order chi connectivity index (χ1) is 8.43. The van der Waals surface area contributed by atoms with Crippen LogP contribution in [0.5, 0.6) is 0 Å². The summed E-state index contributed by atoms with van der Waals surface area (Å²) in [5, 5.41) is 0. The van der Waals surface area contributed by atoms with Crippen molar-refractivity contribution in [3.05, 3.63) is 0 Å². The zero-order valence-corrected chi connectivity index (χ0v) is 12.3. The lowest BCUT2D eigenvalue weighted by Gasteiger charge is -2.57. The summed E-state index contributed by atoms with van der Waals surface area (Å²) in [5.74, 6) is 6.98. The van der Waals surface area contributed by atoms with Crippen molar-refractivity contribution in [2.45, 2.75) is 70.5 Å². The molecule has 1 aliphatic heterocycles. The molecule has 4 saturated carbocycles. The van der Waals surface area contributed by atoms with Crippen LogP contribution in [0, 0.1) is 35.5 Å². The Bertz CT molecular complexity index is 387. The van der Waals surface area contributed by atoms with E-state index in [1.54, 1.807) is 6.42 Å². The third-order valence-electron chi connectivity index (χ3n) is 7.54. The van der Waals surface area contributed by atoms with Crippen LogP contribution in [-0.4, -0.2) is 22.0 Å². The normalized spacial score (nSPS) is 61.7. The standard InChI is InChI=1S/C17H27N/c1-16(2)6-5-7-17(3,4)18(16)15-13-9-8-10-12(11(9)13)14(10)15/h9-15H,5-8H2,1-4H3. The van der Waals surface area contributed by atoms with Crippen molar-refractivity contribution >= 4 is 0 Å². The fraction of sp³-hybridized carbons (Fsp3) is 1.00. The largest absolute Gasteiger partial charge is 0.290 e. The first kappa shape index (κ1) is 10.7. The van der Waals surface area contributed by atoms with Crippen LogP contribution in [0.4, 0.5) is 0 Å². The van der Waals surface area contributed by atoms with Crippen molar-refractivity contribution in [3.63, 3.8) is 0 Å². The van der Waals surface area contributed by atoms with Crippen LogP contribution in [-0.2, 0) is 0 Å². The monoisotopic (exact) mass is 245 g/mol. The number of piperidine rings is 1. The van der Waals surface area contributed by atoms with Crippen molar-refractivity contribution < 1.29 is 0 Å². The molecule has 1 saturated heterocycles. The molecule has 0 bridgehead atoms. The van der Waals surface area contributed by atoms with Gasteiger partial charge in [-0.2, -0.15) is 0 Å². The number of fused-ring (bicyclic) bond motifs is 2. The number of hydrogen-bond acceptors (Lipinski definition) is 1. The third-order valence-corrected chi connectivity index (χ3v) is 7.54. The van der Waals surface area contributed by atoms with Gasteiger partial charge in [-0.05, 0) is 88.9 Å². The van der Waals surface area contributed by atoms with E-state index >= 15 is 0 Å². The molecule has 0 radical (unpaired) electrons. The minimum Gasteiger partial charge on any atom is -0.290 e. The lowest BCUT2D eigenvalue weighted by Crippen LogP contribution is -2.64. The van der Waals surface area contributed by atoms with Gasteiger partial charge in [-0.25, -0.2) is 0 Å². The summed E-state index contributed by atoms with van der Waals surface area (Å²) < 4.78 is 0. The molecule has 100 valence electrons. The van der Waals surface area contributed by atoms with Crippen LogP contribution in [0.2, 0.25) is 0 Å². The Balaban J connectivity index is 1.55. The summed E-state index contributed by atoms with van der Waals surface area (Å²) >= 11 is 0. The maximum Gasteiger partial charge on any atom is 0.0174 e. The highest BCUT2D eigenvalue weighted by atomic mass is 15.3. The van der Waals surface area contributed by atoms with Gasteiger partial charge in [-0.1, -0.05) is 0 Å². The second-order valence-corrected chi connectivity index (χ2v) is 9.21. The van der Waals surface area contributed by atoms with Crippen molar-refractivity contribution in [1.82, 2.24) is 4.90 Å². The fourth-order valence-corrected chi connectivity index (χ4v) is 7.27. The average molecular weight is 245 g/mol. The number of nitrogens with zero attached hydrogens (tertiary/aromatic N) is 1. The van der Waals surface area contributed by atoms with Crippen molar-refractivity contribution in [2.75, 3.05) is 0 Å². The molecule has 6 unspecified atom stereocenters. The van der Waals surface area contributed by atoms with E-state index in [1.165, 1.54) is 42.9 Å². The number of likely N-dealkylation sites (tertiary alicyclic amines) is 1. The van der Waals surface area contributed by atoms with Gasteiger partial charge in [0.1, 0.15) is 0 Å². The average Bonchev–Trinajstić information content (AvgIpc) is 3.06. The molecule has 1 heterocycles. The minimum atomic E-state index is 0.448. The Hall–Kier alpha value is -0.0400. The predicted octanol–water partition coefficient (Wildman–Crippen LogP) is 3.54. The molecule has 5 fully saturated rings. The highest BCUT2D eigenvalue weighted by Gasteiger charge is 2.84. The summed E-state index contributed by atoms with van der Waals surface area (Å²) in [7, 11) is 0. The van der Waals surface area contributed by atoms with Crippen molar-refractivity contribution in [1.29, 1.82) is 0 Å². The quantitative estimate of drug-likeness (QED) is 0.683. The van der Waals surface area contributed by atoms with Gasteiger partial charge in [0.05, 0.1) is 0 Å². The smallest absolute Gasteiger partial charge is 0.0174 e. The van der Waals surface area contributed by atoms with E-state index in [9.17, 15) is 0 Å². The van der Waals surface area contributed by atoms with Gasteiger partial charge < -0.3 is 0 Å². The Labute approximate surface area is 111 Å². The van der Waals surface area contributed by atoms with E-state index in [-0.39, 0.29) is 0 Å². The Morgan fingerprint density at radius 1 is 0.778 bits per heavy atom. The molecule has 0 amide bonds. The van der Waals surface area contributed by atoms with Gasteiger partial charge in [0, 0.05) is 17.1 Å². The molecule has 0 aromatic rings. The second kappa shape index (κ2) is 2.71. The summed E-state index contributed by atoms with van der Waals surface area (Å²) in [5.41, 5.74) is 0.896. The van der Waals surface area contributed by atoms with Crippen LogP contribution >= 0.6 is 0 Å². The van der Waals surface area contributed by atoms with Gasteiger partial charge >= 0.3 is 0 Å². The van der Waals surface area contributed by atoms with Crippen LogP contribution in [0.15, 0.2) is 0 Å². The summed E-state index contributed by atoms with van der Waals surface area (Å²) in [6.07, 6.45) is 5.88. The Kier molecular flexibility index (Phi) is 1.61. The van der Waals surface area contributed by atoms with E-state index in [0.717, 1.165) is 17.9 Å². The number of hydrogen-bond donors (Lipinski definition) is 0. The molecule has 4 aliphatic carbocycles. The third kappa shape index (κ3) is 0.994. The first-order valence-electron chi connectivity index (χ1n) is 8.23. The first-order valence-corrected chi connectivity index (χ1v) is 8.23. The van der Waals surface area contributed by atoms with E-state index in [4.69, 9.17) is 0 Å². The topological polar surface area (TPSA) is 3.24 Å². The van der Waals surface area contributed by atoms with Crippen LogP contribution in [0.25, 0.3) is 0 Å². The molecule has 0 spiro atoms. The van der Waals surface area contributed by atoms with Crippen molar-refractivity contribution in [2.24, 2.45) is 35.5 Å². The molecule has 0 aromatic carbocycles. The molecule has 18 heavy (non-hydrogen) atoms. The maximum atomic E-state index is 3.02. The van der Waals surface area contributed by atoms with Crippen LogP contribution in [0.1, 0.15) is 53.4 Å². The number of rotatable bonds is 1. The Morgan fingerprint density at radius 2 is 1.28 bits per heavy atom. The summed E-state index contributed by atoms with van der Waals surface area (Å²) in [4.78, 5) is 3.02. The van der Waals surface area contributed by atoms with Gasteiger partial charge in [-0.3, -0.25) is 4.90 Å². The highest BCUT2D eigenvalue weighted by Crippen LogP contribution is 2.85. The van der Waals surface area contributed by atoms with Gasteiger partial charge in [0.2, 0.25) is 0 Å². The molecule has 0 aromatic heterocycles. The fourth-order valence-electron chi connectivity index (χ4n) is 7.27. The van der Waals surface area contributed by atoms with E-state index in [2.05, 4.69) is 32.6 Å². The molecular formula is C17H27N. The van der Waals surface area contributed by atoms with Crippen LogP contribution < -0.4 is 0 Å². The summed E-state index contributed by atoms with van der Waals surface area (Å²) in [6, 6.07) is 0.981. The second-order valence-electron chi connectivity index (χ2n) is 9.21. The zero-order valence-electron chi connectivity index (χ0n) is 12.3. The predicted molar refractivity (Wildman–Crippen MR) is 73.2 cm³/mol. The zero-order chi connectivity index (χ0) is 12.4. The molecule has 0 N–H and O–H groups in total. The molecule has 1 heteroatoms. The summed E-state index contributed by atoms with van der Waals surface area (Å²) in [6.45, 7) is 10.1. The van der Waals surface area contributed by atoms with E-state index in [1.807, 2.05) is 0 Å². The maximum absolute atomic E-state index is 3.02. The highest BCUT2D eigenvalue weighted by molar-refractivity contribution is 5.33. The van der Waals surface area contributed by atoms with E-state index in [0.29, 0.717) is 11.1 Å². The molecular weight excluding hydrogens is 218 g/mol. The minimum absolute atomic E-state index is 0.448. The van der Waals surface area contributed by atoms with E-state index < -0.39 is 0 Å². The van der Waals surface area contributed by atoms with Gasteiger partial charge in [-0.15, -0.1) is 0 Å². The van der Waals surface area contributed by atoms with Crippen molar-refractivity contribution in [3.8, 4) is 0 Å². The Morgan fingerprint density at radius 3 is 1.72 bits per heavy atom. The lowest BCUT2D eigenvalue weighted by molar-refractivity contribution is -0.0789. The molecule has 5 rings (SSSR count). The van der Waals surface area contributed by atoms with Gasteiger partial charge in [0.15, 0.2) is 0 Å².